The second-order valence-corrected chi connectivity index (χ2v) is 3.18. The molecule has 2 nitrogen and oxygen atoms in total. The van der Waals surface area contributed by atoms with E-state index < -0.39 is 0 Å². The lowest BCUT2D eigenvalue weighted by Crippen LogP contribution is -1.97. The predicted octanol–water partition coefficient (Wildman–Crippen LogP) is 0.0944. The SMILES string of the molecule is [B]c1nnc(Br)s1. The van der Waals surface area contributed by atoms with Crippen LogP contribution in [0.5, 0.6) is 0 Å². The Morgan fingerprint density at radius 3 is 2.43 bits per heavy atom. The second-order valence-electron chi connectivity index (χ2n) is 0.893. The number of nitrogens with zero attached hydrogens (tertiary/aromatic N) is 2. The van der Waals surface area contributed by atoms with Gasteiger partial charge < -0.3 is 0 Å². The fourth-order valence-electron chi connectivity index (χ4n) is 0.216. The average Bonchev–Trinajstić information content (AvgIpc) is 1.87. The van der Waals surface area contributed by atoms with E-state index in [0.29, 0.717) is 4.91 Å². The molecule has 1 aromatic rings. The highest BCUT2D eigenvalue weighted by atomic mass is 79.9. The van der Waals surface area contributed by atoms with Gasteiger partial charge >= 0.3 is 0 Å². The van der Waals surface area contributed by atoms with Gasteiger partial charge in [-0.05, 0) is 15.9 Å². The smallest absolute Gasteiger partial charge is 0.155 e. The average molecular weight is 175 g/mol. The Morgan fingerprint density at radius 1 is 1.57 bits per heavy atom. The first-order chi connectivity index (χ1) is 3.29. The Balaban J connectivity index is 3.04. The van der Waals surface area contributed by atoms with Gasteiger partial charge in [0.25, 0.3) is 0 Å². The summed E-state index contributed by atoms with van der Waals surface area (Å²) in [6.07, 6.45) is 0. The molecule has 0 unspecified atom stereocenters. The van der Waals surface area contributed by atoms with Crippen LogP contribution in [0.2, 0.25) is 0 Å². The van der Waals surface area contributed by atoms with Gasteiger partial charge in [-0.25, -0.2) is 0 Å². The fraction of sp³-hybridized carbons (Fsp3) is 0. The van der Waals surface area contributed by atoms with Crippen molar-refractivity contribution in [3.05, 3.63) is 3.92 Å². The lowest BCUT2D eigenvalue weighted by Gasteiger charge is -1.63. The Labute approximate surface area is 54.5 Å². The van der Waals surface area contributed by atoms with Crippen molar-refractivity contribution in [3.8, 4) is 0 Å². The first-order valence-corrected chi connectivity index (χ1v) is 3.14. The Bertz CT molecular complexity index is 148. The quantitative estimate of drug-likeness (QED) is 0.522. The third kappa shape index (κ3) is 1.24. The van der Waals surface area contributed by atoms with Gasteiger partial charge in [-0.15, -0.1) is 16.4 Å². The summed E-state index contributed by atoms with van der Waals surface area (Å²) in [5.41, 5.74) is 0. The molecule has 0 atom stereocenters. The van der Waals surface area contributed by atoms with Gasteiger partial charge in [0.15, 0.2) is 11.8 Å². The number of rotatable bonds is 0. The predicted molar refractivity (Wildman–Crippen MR) is 33.0 cm³/mol. The molecule has 2 radical (unpaired) electrons. The zero-order valence-electron chi connectivity index (χ0n) is 3.26. The minimum Gasteiger partial charge on any atom is -0.155 e. The number of aromatic nitrogens is 2. The van der Waals surface area contributed by atoms with E-state index in [1.165, 1.54) is 11.3 Å². The highest BCUT2D eigenvalue weighted by molar-refractivity contribution is 9.11. The molecule has 0 aliphatic heterocycles. The normalized spacial score (nSPS) is 9.29. The lowest BCUT2D eigenvalue weighted by molar-refractivity contribution is 1.09. The first kappa shape index (κ1) is 5.25. The Kier molecular flexibility index (Phi) is 1.44. The summed E-state index contributed by atoms with van der Waals surface area (Å²) >= 11 is 4.41. The molecule has 0 aromatic carbocycles. The molecule has 7 heavy (non-hydrogen) atoms. The highest BCUT2D eigenvalue weighted by Crippen LogP contribution is 2.05. The van der Waals surface area contributed by atoms with Crippen LogP contribution in [-0.4, -0.2) is 18.0 Å². The Hall–Kier alpha value is 0.105. The molecule has 5 heteroatoms. The summed E-state index contributed by atoms with van der Waals surface area (Å²) in [6.45, 7) is 0. The van der Waals surface area contributed by atoms with Crippen LogP contribution < -0.4 is 4.91 Å². The van der Waals surface area contributed by atoms with Gasteiger partial charge in [-0.2, -0.15) is 5.10 Å². The maximum atomic E-state index is 5.19. The van der Waals surface area contributed by atoms with E-state index in [1.54, 1.807) is 0 Å². The molecule has 0 aliphatic carbocycles. The van der Waals surface area contributed by atoms with Gasteiger partial charge in [-0.1, -0.05) is 0 Å². The van der Waals surface area contributed by atoms with Crippen molar-refractivity contribution in [2.24, 2.45) is 0 Å². The number of hydrogen-bond donors (Lipinski definition) is 0. The molecule has 1 rings (SSSR count). The van der Waals surface area contributed by atoms with Crippen LogP contribution in [0.3, 0.4) is 0 Å². The topological polar surface area (TPSA) is 25.8 Å². The monoisotopic (exact) mass is 174 g/mol. The summed E-state index contributed by atoms with van der Waals surface area (Å²) in [4.78, 5) is 0.492. The van der Waals surface area contributed by atoms with Crippen molar-refractivity contribution in [1.29, 1.82) is 0 Å². The van der Waals surface area contributed by atoms with E-state index in [4.69, 9.17) is 7.85 Å². The minimum atomic E-state index is 0.492. The molecule has 0 saturated heterocycles. The molecule has 0 aliphatic rings. The molecular formula is C2BBrN2S. The lowest BCUT2D eigenvalue weighted by atomic mass is 10.2. The van der Waals surface area contributed by atoms with Crippen LogP contribution in [-0.2, 0) is 0 Å². The highest BCUT2D eigenvalue weighted by Gasteiger charge is 1.89. The van der Waals surface area contributed by atoms with E-state index in [1.807, 2.05) is 0 Å². The molecule has 0 spiro atoms. The van der Waals surface area contributed by atoms with Gasteiger partial charge in [0.1, 0.15) is 0 Å². The first-order valence-electron chi connectivity index (χ1n) is 1.53. The van der Waals surface area contributed by atoms with Crippen molar-refractivity contribution in [3.63, 3.8) is 0 Å². The van der Waals surface area contributed by atoms with Crippen LogP contribution in [0, 0.1) is 0 Å². The van der Waals surface area contributed by atoms with E-state index in [2.05, 4.69) is 26.1 Å². The maximum Gasteiger partial charge on any atom is 0.182 e. The summed E-state index contributed by atoms with van der Waals surface area (Å²) in [7, 11) is 5.19. The maximum absolute atomic E-state index is 5.19. The van der Waals surface area contributed by atoms with Gasteiger partial charge in [0, 0.05) is 0 Å². The molecule has 0 fully saturated rings. The van der Waals surface area contributed by atoms with Crippen molar-refractivity contribution in [2.45, 2.75) is 0 Å². The molecular weight excluding hydrogens is 175 g/mol. The van der Waals surface area contributed by atoms with Crippen LogP contribution >= 0.6 is 27.3 Å². The number of hydrogen-bond acceptors (Lipinski definition) is 3. The van der Waals surface area contributed by atoms with Crippen LogP contribution in [0.4, 0.5) is 0 Å². The molecule has 0 N–H and O–H groups in total. The Morgan fingerprint density at radius 2 is 2.29 bits per heavy atom. The van der Waals surface area contributed by atoms with E-state index in [-0.39, 0.29) is 0 Å². The largest absolute Gasteiger partial charge is 0.182 e. The van der Waals surface area contributed by atoms with Crippen LogP contribution in [0.15, 0.2) is 3.92 Å². The zero-order chi connectivity index (χ0) is 5.28. The third-order valence-electron chi connectivity index (χ3n) is 0.416. The summed E-state index contributed by atoms with van der Waals surface area (Å²) < 4.78 is 0.727. The fourth-order valence-corrected chi connectivity index (χ4v) is 1.13. The van der Waals surface area contributed by atoms with Crippen molar-refractivity contribution < 1.29 is 0 Å². The van der Waals surface area contributed by atoms with Gasteiger partial charge in [0.05, 0.1) is 4.91 Å². The van der Waals surface area contributed by atoms with E-state index >= 15 is 0 Å². The van der Waals surface area contributed by atoms with Gasteiger partial charge in [-0.3, -0.25) is 0 Å². The molecule has 0 saturated carbocycles. The minimum absolute atomic E-state index is 0.492. The van der Waals surface area contributed by atoms with Crippen molar-refractivity contribution >= 4 is 40.0 Å². The van der Waals surface area contributed by atoms with E-state index in [0.717, 1.165) is 3.92 Å². The molecule has 1 aromatic heterocycles. The molecule has 1 heterocycles. The molecule has 0 amide bonds. The summed E-state index contributed by atoms with van der Waals surface area (Å²) in [5.74, 6) is 0. The summed E-state index contributed by atoms with van der Waals surface area (Å²) in [6, 6.07) is 0. The number of halogens is 1. The van der Waals surface area contributed by atoms with E-state index in [9.17, 15) is 0 Å². The standard InChI is InChI=1S/C2BBrN2S/c3-1-5-6-2(4)7-1. The van der Waals surface area contributed by atoms with Gasteiger partial charge in [0.2, 0.25) is 0 Å². The van der Waals surface area contributed by atoms with Crippen molar-refractivity contribution in [2.75, 3.05) is 0 Å². The van der Waals surface area contributed by atoms with Crippen LogP contribution in [0.1, 0.15) is 0 Å². The molecule has 34 valence electrons. The summed E-state index contributed by atoms with van der Waals surface area (Å²) in [5, 5.41) is 7.09. The third-order valence-corrected chi connectivity index (χ3v) is 1.60. The van der Waals surface area contributed by atoms with Crippen molar-refractivity contribution in [1.82, 2.24) is 10.2 Å². The second kappa shape index (κ2) is 1.92. The zero-order valence-corrected chi connectivity index (χ0v) is 5.66. The molecule has 0 bridgehead atoms. The van der Waals surface area contributed by atoms with Crippen LogP contribution in [0.25, 0.3) is 0 Å².